The molecule has 19 heteroatoms. The average molecular weight is 373 g/mol. The van der Waals surface area contributed by atoms with Crippen LogP contribution in [0.5, 0.6) is 0 Å². The summed E-state index contributed by atoms with van der Waals surface area (Å²) in [6, 6.07) is 0. The Bertz CT molecular complexity index is 350. The van der Waals surface area contributed by atoms with Crippen molar-refractivity contribution < 1.29 is 52.6 Å². The minimum Gasteiger partial charge on any atom is -0.759 e. The van der Waals surface area contributed by atoms with Crippen molar-refractivity contribution in [3.05, 3.63) is 0 Å². The Morgan fingerprint density at radius 1 is 0.579 bits per heavy atom. The molecule has 0 aliphatic carbocycles. The van der Waals surface area contributed by atoms with E-state index in [1.54, 1.807) is 0 Å². The van der Waals surface area contributed by atoms with Gasteiger partial charge in [-0.3, -0.25) is 25.9 Å². The minimum absolute atomic E-state index is 0. The molecule has 0 aliphatic heterocycles. The Morgan fingerprint density at radius 2 is 0.579 bits per heavy atom. The fourth-order valence-corrected chi connectivity index (χ4v) is 0. The monoisotopic (exact) mass is 372 g/mol. The first-order valence-electron chi connectivity index (χ1n) is 2.03. The van der Waals surface area contributed by atoms with Crippen LogP contribution in [0, 0.1) is 0 Å². The molecule has 0 unspecified atom stereocenters. The van der Waals surface area contributed by atoms with Gasteiger partial charge in [-0.05, 0) is 0 Å². The summed E-state index contributed by atoms with van der Waals surface area (Å²) in [7, 11) is -15.0. The largest absolute Gasteiger partial charge is 2.00 e. The summed E-state index contributed by atoms with van der Waals surface area (Å²) in [6.45, 7) is 0. The van der Waals surface area contributed by atoms with Crippen molar-refractivity contribution in [3.8, 4) is 0 Å². The summed E-state index contributed by atoms with van der Waals surface area (Å²) in [5.74, 6) is 0. The smallest absolute Gasteiger partial charge is 0.759 e. The summed E-state index contributed by atoms with van der Waals surface area (Å²) in [5.41, 5.74) is 0. The molecule has 0 fully saturated rings. The predicted octanol–water partition coefficient (Wildman–Crippen LogP) is -3.77. The second-order valence-electron chi connectivity index (χ2n) is 1.26. The van der Waals surface area contributed by atoms with Crippen molar-refractivity contribution in [2.45, 2.75) is 0 Å². The standard InChI is InChI=1S/2Mg.2H3N.3H2O4S/c;;;;3*1-5(2,3)4/h;;2*1H3;3*(H2,1,2,3,4)/q2*+2;;;;;/p-4. The molecule has 0 heterocycles. The molecule has 0 saturated carbocycles. The van der Waals surface area contributed by atoms with E-state index < -0.39 is 31.2 Å². The van der Waals surface area contributed by atoms with Crippen LogP contribution in [0.3, 0.4) is 0 Å². The van der Waals surface area contributed by atoms with Gasteiger partial charge in [0.15, 0.2) is 0 Å². The molecule has 0 bridgehead atoms. The molecule has 0 aromatic heterocycles. The molecule has 0 aliphatic rings. The van der Waals surface area contributed by atoms with Crippen LogP contribution in [0.4, 0.5) is 0 Å². The van der Waals surface area contributed by atoms with Gasteiger partial charge in [0.25, 0.3) is 0 Å². The van der Waals surface area contributed by atoms with Crippen LogP contribution < -0.4 is 12.3 Å². The van der Waals surface area contributed by atoms with Crippen molar-refractivity contribution in [3.63, 3.8) is 0 Å². The molecule has 0 saturated heterocycles. The van der Waals surface area contributed by atoms with E-state index in [4.69, 9.17) is 52.6 Å². The Kier molecular flexibility index (Phi) is 38.5. The van der Waals surface area contributed by atoms with Crippen molar-refractivity contribution in [1.29, 1.82) is 0 Å². The molecule has 0 spiro atoms. The van der Waals surface area contributed by atoms with Gasteiger partial charge < -0.3 is 30.5 Å². The average Bonchev–Trinajstić information content (AvgIpc) is 1.41. The molecule has 19 heavy (non-hydrogen) atoms. The third kappa shape index (κ3) is 4920. The third-order valence-corrected chi connectivity index (χ3v) is 0. The zero-order chi connectivity index (χ0) is 13.5. The van der Waals surface area contributed by atoms with Crippen LogP contribution >= 0.6 is 0 Å². The van der Waals surface area contributed by atoms with Crippen molar-refractivity contribution >= 4 is 77.3 Å². The number of rotatable bonds is 0. The van der Waals surface area contributed by atoms with Gasteiger partial charge in [-0.25, -0.2) is 0 Å². The van der Waals surface area contributed by atoms with Gasteiger partial charge in [-0.15, -0.1) is 0 Å². The summed E-state index contributed by atoms with van der Waals surface area (Å²) < 4.78 is 99.7. The number of hydrogen-bond acceptors (Lipinski definition) is 12. The van der Waals surface area contributed by atoms with E-state index in [1.807, 2.05) is 0 Å². The van der Waals surface area contributed by atoms with Gasteiger partial charge >= 0.3 is 56.5 Å². The topological polar surface area (TPSA) is 305 Å². The SMILES string of the molecule is N.N.O=S(=O)(O)O.O=S(=O)([O-])[O-].O=S(=O)([O-])[O-].[Mg+2].[Mg+2]. The molecule has 14 nitrogen and oxygen atoms in total. The van der Waals surface area contributed by atoms with E-state index in [9.17, 15) is 0 Å². The molecular weight excluding hydrogens is 365 g/mol. The molecule has 0 rings (SSSR count). The van der Waals surface area contributed by atoms with Crippen molar-refractivity contribution in [2.24, 2.45) is 0 Å². The van der Waals surface area contributed by atoms with Crippen LogP contribution in [0.1, 0.15) is 0 Å². The summed E-state index contributed by atoms with van der Waals surface area (Å²) in [6.07, 6.45) is 0. The van der Waals surface area contributed by atoms with Crippen LogP contribution in [0.15, 0.2) is 0 Å². The fourth-order valence-electron chi connectivity index (χ4n) is 0. The van der Waals surface area contributed by atoms with E-state index in [1.165, 1.54) is 0 Å². The predicted molar refractivity (Wildman–Crippen MR) is 56.7 cm³/mol. The maximum Gasteiger partial charge on any atom is 2.00 e. The van der Waals surface area contributed by atoms with Gasteiger partial charge in [0.1, 0.15) is 0 Å². The molecule has 0 radical (unpaired) electrons. The molecule has 0 atom stereocenters. The molecule has 8 N–H and O–H groups in total. The maximum atomic E-state index is 8.74. The third-order valence-electron chi connectivity index (χ3n) is 0. The first-order valence-corrected chi connectivity index (χ1v) is 6.10. The molecular formula is H8Mg2N2O12S3. The Hall–Kier alpha value is 1.06. The molecule has 0 aromatic rings. The first-order chi connectivity index (χ1) is 6.00. The van der Waals surface area contributed by atoms with Crippen LogP contribution in [-0.4, -0.2) is 98.7 Å². The zero-order valence-corrected chi connectivity index (χ0v) is 14.3. The van der Waals surface area contributed by atoms with Crippen molar-refractivity contribution in [1.82, 2.24) is 12.3 Å². The van der Waals surface area contributed by atoms with E-state index in [-0.39, 0.29) is 58.4 Å². The van der Waals surface area contributed by atoms with Gasteiger partial charge in [0.05, 0.1) is 0 Å². The quantitative estimate of drug-likeness (QED) is 0.180. The Morgan fingerprint density at radius 3 is 0.579 bits per heavy atom. The van der Waals surface area contributed by atoms with Crippen LogP contribution in [-0.2, 0) is 31.2 Å². The zero-order valence-electron chi connectivity index (χ0n) is 9.03. The van der Waals surface area contributed by atoms with E-state index in [0.29, 0.717) is 0 Å². The van der Waals surface area contributed by atoms with Crippen LogP contribution in [0.2, 0.25) is 0 Å². The fraction of sp³-hybridized carbons (Fsp3) is 0. The van der Waals surface area contributed by atoms with Crippen molar-refractivity contribution in [2.75, 3.05) is 0 Å². The molecule has 0 aromatic carbocycles. The number of hydrogen-bond donors (Lipinski definition) is 4. The summed E-state index contributed by atoms with van der Waals surface area (Å²) in [4.78, 5) is 0. The van der Waals surface area contributed by atoms with Crippen LogP contribution in [0.25, 0.3) is 0 Å². The van der Waals surface area contributed by atoms with E-state index in [2.05, 4.69) is 0 Å². The minimum atomic E-state index is -5.17. The summed E-state index contributed by atoms with van der Waals surface area (Å²) >= 11 is 0. The first kappa shape index (κ1) is 42.7. The van der Waals surface area contributed by atoms with E-state index in [0.717, 1.165) is 0 Å². The molecule has 112 valence electrons. The molecule has 0 amide bonds. The van der Waals surface area contributed by atoms with Gasteiger partial charge in [0, 0.05) is 20.8 Å². The summed E-state index contributed by atoms with van der Waals surface area (Å²) in [5, 5.41) is 0. The normalized spacial score (nSPS) is 9.16. The van der Waals surface area contributed by atoms with Gasteiger partial charge in [-0.1, -0.05) is 0 Å². The van der Waals surface area contributed by atoms with E-state index >= 15 is 0 Å². The van der Waals surface area contributed by atoms with Gasteiger partial charge in [0.2, 0.25) is 0 Å². The Labute approximate surface area is 141 Å². The van der Waals surface area contributed by atoms with Gasteiger partial charge in [-0.2, -0.15) is 8.42 Å². The maximum absolute atomic E-state index is 8.74. The Balaban J connectivity index is -0.0000000206. The second kappa shape index (κ2) is 17.1. The second-order valence-corrected chi connectivity index (χ2v) is 3.79.